The normalized spacial score (nSPS) is 11.1. The zero-order valence-corrected chi connectivity index (χ0v) is 17.0. The van der Waals surface area contributed by atoms with Gasteiger partial charge in [-0.15, -0.1) is 0 Å². The molecule has 0 N–H and O–H groups in total. The number of anilines is 1. The SMILES string of the molecule is CCOc1cccc2sc(N(CCN(C)C)C(=O)c3ccccc3C)nc12. The number of hydrogen-bond acceptors (Lipinski definition) is 5. The van der Waals surface area contributed by atoms with Crippen molar-refractivity contribution in [3.05, 3.63) is 53.6 Å². The van der Waals surface area contributed by atoms with E-state index in [1.165, 1.54) is 11.3 Å². The number of aryl methyl sites for hydroxylation is 1. The fraction of sp³-hybridized carbons (Fsp3) is 0.333. The highest BCUT2D eigenvalue weighted by Crippen LogP contribution is 2.34. The molecule has 142 valence electrons. The number of thiazole rings is 1. The summed E-state index contributed by atoms with van der Waals surface area (Å²) in [6.07, 6.45) is 0. The molecule has 2 aromatic carbocycles. The summed E-state index contributed by atoms with van der Waals surface area (Å²) in [5, 5.41) is 0.701. The summed E-state index contributed by atoms with van der Waals surface area (Å²) in [7, 11) is 4.00. The van der Waals surface area contributed by atoms with Crippen LogP contribution in [0.15, 0.2) is 42.5 Å². The number of hydrogen-bond donors (Lipinski definition) is 0. The number of fused-ring (bicyclic) bond motifs is 1. The van der Waals surface area contributed by atoms with Gasteiger partial charge in [0.15, 0.2) is 5.13 Å². The number of amides is 1. The second-order valence-electron chi connectivity index (χ2n) is 6.61. The van der Waals surface area contributed by atoms with Crippen LogP contribution in [0.25, 0.3) is 10.2 Å². The van der Waals surface area contributed by atoms with E-state index in [0.717, 1.165) is 28.1 Å². The fourth-order valence-corrected chi connectivity index (χ4v) is 3.85. The van der Waals surface area contributed by atoms with Crippen LogP contribution < -0.4 is 9.64 Å². The summed E-state index contributed by atoms with van der Waals surface area (Å²) in [5.41, 5.74) is 2.49. The zero-order chi connectivity index (χ0) is 19.4. The van der Waals surface area contributed by atoms with E-state index in [2.05, 4.69) is 4.90 Å². The summed E-state index contributed by atoms with van der Waals surface area (Å²) in [5.74, 6) is 0.736. The van der Waals surface area contributed by atoms with Gasteiger partial charge in [0, 0.05) is 18.7 Å². The van der Waals surface area contributed by atoms with Crippen molar-refractivity contribution in [2.24, 2.45) is 0 Å². The number of nitrogens with zero attached hydrogens (tertiary/aromatic N) is 3. The molecule has 6 heteroatoms. The topological polar surface area (TPSA) is 45.7 Å². The molecule has 0 aliphatic carbocycles. The summed E-state index contributed by atoms with van der Waals surface area (Å²) in [4.78, 5) is 21.9. The molecule has 0 aliphatic rings. The molecule has 0 radical (unpaired) electrons. The predicted molar refractivity (Wildman–Crippen MR) is 112 cm³/mol. The number of carbonyl (C=O) groups excluding carboxylic acids is 1. The van der Waals surface area contributed by atoms with Crippen molar-refractivity contribution in [2.75, 3.05) is 38.7 Å². The first-order valence-electron chi connectivity index (χ1n) is 9.05. The molecule has 0 aliphatic heterocycles. The summed E-state index contributed by atoms with van der Waals surface area (Å²) in [6, 6.07) is 13.6. The first-order chi connectivity index (χ1) is 13.0. The summed E-state index contributed by atoms with van der Waals surface area (Å²) in [6.45, 7) is 5.83. The largest absolute Gasteiger partial charge is 0.492 e. The van der Waals surface area contributed by atoms with Crippen molar-refractivity contribution in [2.45, 2.75) is 13.8 Å². The Bertz CT molecular complexity index is 936. The van der Waals surface area contributed by atoms with Gasteiger partial charge in [-0.2, -0.15) is 0 Å². The predicted octanol–water partition coefficient (Wildman–Crippen LogP) is 4.21. The Hall–Kier alpha value is -2.44. The van der Waals surface area contributed by atoms with Crippen molar-refractivity contribution >= 4 is 32.6 Å². The molecule has 3 aromatic rings. The highest BCUT2D eigenvalue weighted by Gasteiger charge is 2.23. The Labute approximate surface area is 164 Å². The molecular weight excluding hydrogens is 358 g/mol. The van der Waals surface area contributed by atoms with Crippen LogP contribution in [-0.2, 0) is 0 Å². The third kappa shape index (κ3) is 4.28. The molecule has 0 bridgehead atoms. The van der Waals surface area contributed by atoms with Crippen LogP contribution in [0.1, 0.15) is 22.8 Å². The average Bonchev–Trinajstić information content (AvgIpc) is 3.07. The van der Waals surface area contributed by atoms with Crippen molar-refractivity contribution in [1.82, 2.24) is 9.88 Å². The Morgan fingerprint density at radius 3 is 2.59 bits per heavy atom. The molecule has 1 amide bonds. The lowest BCUT2D eigenvalue weighted by Crippen LogP contribution is -2.37. The molecule has 0 atom stereocenters. The second-order valence-corrected chi connectivity index (χ2v) is 7.62. The van der Waals surface area contributed by atoms with Gasteiger partial charge in [-0.1, -0.05) is 35.6 Å². The van der Waals surface area contributed by atoms with E-state index in [1.807, 2.05) is 70.4 Å². The maximum atomic E-state index is 13.3. The van der Waals surface area contributed by atoms with Gasteiger partial charge < -0.3 is 9.64 Å². The van der Waals surface area contributed by atoms with Crippen molar-refractivity contribution < 1.29 is 9.53 Å². The fourth-order valence-electron chi connectivity index (χ4n) is 2.84. The van der Waals surface area contributed by atoms with Crippen molar-refractivity contribution in [3.63, 3.8) is 0 Å². The van der Waals surface area contributed by atoms with Crippen LogP contribution >= 0.6 is 11.3 Å². The van der Waals surface area contributed by atoms with E-state index in [9.17, 15) is 4.79 Å². The highest BCUT2D eigenvalue weighted by molar-refractivity contribution is 7.22. The van der Waals surface area contributed by atoms with Crippen LogP contribution in [0.4, 0.5) is 5.13 Å². The van der Waals surface area contributed by atoms with Gasteiger partial charge in [0.25, 0.3) is 5.91 Å². The lowest BCUT2D eigenvalue weighted by atomic mass is 10.1. The van der Waals surface area contributed by atoms with E-state index < -0.39 is 0 Å². The molecule has 1 heterocycles. The number of rotatable bonds is 7. The molecule has 0 fully saturated rings. The van der Waals surface area contributed by atoms with Crippen LogP contribution in [0, 0.1) is 6.92 Å². The molecule has 0 saturated carbocycles. The minimum absolute atomic E-state index is 0.0213. The molecule has 0 saturated heterocycles. The van der Waals surface area contributed by atoms with Crippen LogP contribution in [0.5, 0.6) is 5.75 Å². The standard InChI is InChI=1S/C21H25N3O2S/c1-5-26-17-11-8-12-18-19(17)22-21(27-18)24(14-13-23(3)4)20(25)16-10-7-6-9-15(16)2/h6-12H,5,13-14H2,1-4H3. The number of para-hydroxylation sites is 1. The molecule has 5 nitrogen and oxygen atoms in total. The minimum atomic E-state index is -0.0213. The van der Waals surface area contributed by atoms with E-state index >= 15 is 0 Å². The van der Waals surface area contributed by atoms with Gasteiger partial charge in [0.05, 0.1) is 11.3 Å². The van der Waals surface area contributed by atoms with Gasteiger partial charge in [-0.3, -0.25) is 9.69 Å². The maximum Gasteiger partial charge on any atom is 0.260 e. The molecule has 1 aromatic heterocycles. The Balaban J connectivity index is 2.03. The number of likely N-dealkylation sites (N-methyl/N-ethyl adjacent to an activating group) is 1. The Kier molecular flexibility index (Phi) is 6.08. The van der Waals surface area contributed by atoms with E-state index in [4.69, 9.17) is 9.72 Å². The number of carbonyl (C=O) groups is 1. The minimum Gasteiger partial charge on any atom is -0.492 e. The van der Waals surface area contributed by atoms with Gasteiger partial charge in [0.1, 0.15) is 11.3 Å². The lowest BCUT2D eigenvalue weighted by molar-refractivity contribution is 0.0984. The van der Waals surface area contributed by atoms with Gasteiger partial charge >= 0.3 is 0 Å². The Morgan fingerprint density at radius 1 is 1.11 bits per heavy atom. The van der Waals surface area contributed by atoms with Gasteiger partial charge in [0.2, 0.25) is 0 Å². The molecule has 27 heavy (non-hydrogen) atoms. The first kappa shape index (κ1) is 19.3. The maximum absolute atomic E-state index is 13.3. The third-order valence-corrected chi connectivity index (χ3v) is 5.34. The van der Waals surface area contributed by atoms with Crippen LogP contribution in [-0.4, -0.2) is 49.6 Å². The van der Waals surface area contributed by atoms with Crippen molar-refractivity contribution in [1.29, 1.82) is 0 Å². The Morgan fingerprint density at radius 2 is 1.89 bits per heavy atom. The molecular formula is C21H25N3O2S. The number of aromatic nitrogens is 1. The highest BCUT2D eigenvalue weighted by atomic mass is 32.1. The van der Waals surface area contributed by atoms with Crippen LogP contribution in [0.3, 0.4) is 0 Å². The molecule has 3 rings (SSSR count). The zero-order valence-electron chi connectivity index (χ0n) is 16.2. The molecule has 0 spiro atoms. The van der Waals surface area contributed by atoms with E-state index in [1.54, 1.807) is 4.90 Å². The van der Waals surface area contributed by atoms with Crippen molar-refractivity contribution in [3.8, 4) is 5.75 Å². The summed E-state index contributed by atoms with van der Waals surface area (Å²) < 4.78 is 6.72. The lowest BCUT2D eigenvalue weighted by Gasteiger charge is -2.22. The van der Waals surface area contributed by atoms with E-state index in [-0.39, 0.29) is 5.91 Å². The average molecular weight is 384 g/mol. The quantitative estimate of drug-likeness (QED) is 0.613. The van der Waals surface area contributed by atoms with Gasteiger partial charge in [-0.25, -0.2) is 4.98 Å². The molecule has 0 unspecified atom stereocenters. The smallest absolute Gasteiger partial charge is 0.260 e. The number of benzene rings is 2. The van der Waals surface area contributed by atoms with Crippen LogP contribution in [0.2, 0.25) is 0 Å². The third-order valence-electron chi connectivity index (χ3n) is 4.29. The monoisotopic (exact) mass is 383 g/mol. The first-order valence-corrected chi connectivity index (χ1v) is 9.87. The van der Waals surface area contributed by atoms with Gasteiger partial charge in [-0.05, 0) is 51.7 Å². The summed E-state index contributed by atoms with van der Waals surface area (Å²) >= 11 is 1.52. The number of ether oxygens (including phenoxy) is 1. The van der Waals surface area contributed by atoms with E-state index in [0.29, 0.717) is 23.8 Å². The second kappa shape index (κ2) is 8.50.